The average molecular weight is 233 g/mol. The van der Waals surface area contributed by atoms with Gasteiger partial charge in [-0.25, -0.2) is 4.98 Å². The maximum atomic E-state index is 4.13. The Balaban J connectivity index is 0.000000605. The molecule has 2 nitrogen and oxygen atoms in total. The van der Waals surface area contributed by atoms with Crippen molar-refractivity contribution in [3.05, 3.63) is 35.2 Å². The number of fused-ring (bicyclic) bond motifs is 1. The number of imidazole rings is 1. The zero-order chi connectivity index (χ0) is 6.97. The molecule has 0 spiro atoms. The molecule has 2 rings (SSSR count). The van der Waals surface area contributed by atoms with Crippen LogP contribution in [0.2, 0.25) is 0 Å². The van der Waals surface area contributed by atoms with Gasteiger partial charge in [0.1, 0.15) is 0 Å². The maximum Gasteiger partial charge on any atom is 0.151 e. The molecule has 0 aliphatic carbocycles. The second-order valence-electron chi connectivity index (χ2n) is 2.01. The van der Waals surface area contributed by atoms with E-state index in [4.69, 9.17) is 0 Å². The standard InChI is InChI=1S/C7H5BrN2.ClH/c8-6-2-1-4-10-5-3-9-7(6)10;/h1-5H;1H. The van der Waals surface area contributed by atoms with E-state index < -0.39 is 0 Å². The van der Waals surface area contributed by atoms with Crippen molar-refractivity contribution < 1.29 is 0 Å². The predicted molar refractivity (Wildman–Crippen MR) is 50.1 cm³/mol. The topological polar surface area (TPSA) is 17.3 Å². The highest BCUT2D eigenvalue weighted by Gasteiger charge is 1.95. The molecule has 0 atom stereocenters. The van der Waals surface area contributed by atoms with Gasteiger partial charge in [-0.1, -0.05) is 0 Å². The second kappa shape index (κ2) is 3.24. The van der Waals surface area contributed by atoms with Crippen LogP contribution in [0.5, 0.6) is 0 Å². The number of rotatable bonds is 0. The normalized spacial score (nSPS) is 9.55. The Morgan fingerprint density at radius 3 is 2.91 bits per heavy atom. The van der Waals surface area contributed by atoms with Gasteiger partial charge in [0.05, 0.1) is 4.47 Å². The molecule has 0 saturated carbocycles. The average Bonchev–Trinajstić information content (AvgIpc) is 2.36. The molecule has 11 heavy (non-hydrogen) atoms. The van der Waals surface area contributed by atoms with Gasteiger partial charge in [0.15, 0.2) is 5.65 Å². The van der Waals surface area contributed by atoms with E-state index in [0.717, 1.165) is 10.1 Å². The fraction of sp³-hybridized carbons (Fsp3) is 0. The minimum atomic E-state index is 0. The maximum absolute atomic E-state index is 4.13. The summed E-state index contributed by atoms with van der Waals surface area (Å²) in [7, 11) is 0. The van der Waals surface area contributed by atoms with Crippen molar-refractivity contribution in [2.75, 3.05) is 0 Å². The molecular weight excluding hydrogens is 227 g/mol. The Labute approximate surface area is 78.8 Å². The molecule has 0 fully saturated rings. The highest BCUT2D eigenvalue weighted by atomic mass is 79.9. The number of halogens is 2. The van der Waals surface area contributed by atoms with Gasteiger partial charge in [-0.05, 0) is 28.1 Å². The first-order chi connectivity index (χ1) is 4.88. The number of aromatic nitrogens is 2. The first kappa shape index (κ1) is 8.56. The molecule has 0 bridgehead atoms. The van der Waals surface area contributed by atoms with Gasteiger partial charge >= 0.3 is 0 Å². The fourth-order valence-electron chi connectivity index (χ4n) is 0.913. The van der Waals surface area contributed by atoms with Gasteiger partial charge in [0.2, 0.25) is 0 Å². The highest BCUT2D eigenvalue weighted by Crippen LogP contribution is 2.14. The number of pyridine rings is 1. The van der Waals surface area contributed by atoms with Gasteiger partial charge in [-0.15, -0.1) is 12.4 Å². The first-order valence-electron chi connectivity index (χ1n) is 2.95. The van der Waals surface area contributed by atoms with Gasteiger partial charge < -0.3 is 4.40 Å². The third-order valence-corrected chi connectivity index (χ3v) is 1.99. The summed E-state index contributed by atoms with van der Waals surface area (Å²) in [6.45, 7) is 0. The van der Waals surface area contributed by atoms with Gasteiger partial charge in [-0.2, -0.15) is 0 Å². The van der Waals surface area contributed by atoms with Crippen LogP contribution in [0, 0.1) is 0 Å². The van der Waals surface area contributed by atoms with E-state index in [9.17, 15) is 0 Å². The summed E-state index contributed by atoms with van der Waals surface area (Å²) < 4.78 is 2.99. The van der Waals surface area contributed by atoms with Crippen LogP contribution in [-0.2, 0) is 0 Å². The lowest BCUT2D eigenvalue weighted by molar-refractivity contribution is 1.18. The van der Waals surface area contributed by atoms with Crippen LogP contribution in [0.1, 0.15) is 0 Å². The van der Waals surface area contributed by atoms with Crippen molar-refractivity contribution in [1.29, 1.82) is 0 Å². The molecule has 0 radical (unpaired) electrons. The minimum absolute atomic E-state index is 0. The van der Waals surface area contributed by atoms with Crippen LogP contribution < -0.4 is 0 Å². The van der Waals surface area contributed by atoms with E-state index in [0.29, 0.717) is 0 Å². The number of hydrogen-bond donors (Lipinski definition) is 0. The summed E-state index contributed by atoms with van der Waals surface area (Å²) in [6.07, 6.45) is 5.66. The summed E-state index contributed by atoms with van der Waals surface area (Å²) >= 11 is 3.39. The van der Waals surface area contributed by atoms with Gasteiger partial charge in [0.25, 0.3) is 0 Å². The fourth-order valence-corrected chi connectivity index (χ4v) is 1.37. The van der Waals surface area contributed by atoms with E-state index in [2.05, 4.69) is 20.9 Å². The highest BCUT2D eigenvalue weighted by molar-refractivity contribution is 9.10. The Hall–Kier alpha value is -0.540. The molecule has 2 aromatic rings. The molecule has 0 amide bonds. The third-order valence-electron chi connectivity index (χ3n) is 1.37. The van der Waals surface area contributed by atoms with Gasteiger partial charge in [-0.3, -0.25) is 0 Å². The summed E-state index contributed by atoms with van der Waals surface area (Å²) in [5, 5.41) is 0. The van der Waals surface area contributed by atoms with E-state index >= 15 is 0 Å². The lowest BCUT2D eigenvalue weighted by Gasteiger charge is -1.92. The number of hydrogen-bond acceptors (Lipinski definition) is 1. The lowest BCUT2D eigenvalue weighted by atomic mass is 10.5. The molecule has 0 unspecified atom stereocenters. The predicted octanol–water partition coefficient (Wildman–Crippen LogP) is 2.52. The molecule has 2 aromatic heterocycles. The summed E-state index contributed by atoms with van der Waals surface area (Å²) in [6, 6.07) is 3.95. The lowest BCUT2D eigenvalue weighted by Crippen LogP contribution is -1.80. The Morgan fingerprint density at radius 1 is 1.36 bits per heavy atom. The molecular formula is C7H6BrClN2. The van der Waals surface area contributed by atoms with E-state index in [1.54, 1.807) is 6.20 Å². The second-order valence-corrected chi connectivity index (χ2v) is 2.87. The van der Waals surface area contributed by atoms with Crippen molar-refractivity contribution in [1.82, 2.24) is 9.38 Å². The molecule has 0 aliphatic heterocycles. The Bertz CT molecular complexity index is 358. The van der Waals surface area contributed by atoms with Gasteiger partial charge in [0, 0.05) is 18.6 Å². The minimum Gasteiger partial charge on any atom is -0.306 e. The summed E-state index contributed by atoms with van der Waals surface area (Å²) in [5.74, 6) is 0. The summed E-state index contributed by atoms with van der Waals surface area (Å²) in [5.41, 5.74) is 0.961. The van der Waals surface area contributed by atoms with Crippen LogP contribution >= 0.6 is 28.3 Å². The Morgan fingerprint density at radius 2 is 2.18 bits per heavy atom. The number of nitrogens with zero attached hydrogens (tertiary/aromatic N) is 2. The Kier molecular flexibility index (Phi) is 2.52. The molecule has 4 heteroatoms. The zero-order valence-electron chi connectivity index (χ0n) is 5.57. The molecule has 2 heterocycles. The van der Waals surface area contributed by atoms with E-state index in [1.807, 2.05) is 28.9 Å². The van der Waals surface area contributed by atoms with Crippen LogP contribution in [0.15, 0.2) is 35.2 Å². The molecule has 0 aromatic carbocycles. The van der Waals surface area contributed by atoms with Crippen LogP contribution in [0.3, 0.4) is 0 Å². The summed E-state index contributed by atoms with van der Waals surface area (Å²) in [4.78, 5) is 4.13. The van der Waals surface area contributed by atoms with Crippen molar-refractivity contribution in [2.24, 2.45) is 0 Å². The largest absolute Gasteiger partial charge is 0.306 e. The SMILES string of the molecule is Brc1cccn2ccnc12.Cl. The van der Waals surface area contributed by atoms with Crippen LogP contribution in [-0.4, -0.2) is 9.38 Å². The molecule has 58 valence electrons. The van der Waals surface area contributed by atoms with Crippen molar-refractivity contribution >= 4 is 34.0 Å². The van der Waals surface area contributed by atoms with Crippen LogP contribution in [0.25, 0.3) is 5.65 Å². The zero-order valence-corrected chi connectivity index (χ0v) is 7.97. The van der Waals surface area contributed by atoms with Crippen molar-refractivity contribution in [2.45, 2.75) is 0 Å². The van der Waals surface area contributed by atoms with E-state index in [-0.39, 0.29) is 12.4 Å². The monoisotopic (exact) mass is 232 g/mol. The van der Waals surface area contributed by atoms with Crippen molar-refractivity contribution in [3.63, 3.8) is 0 Å². The third kappa shape index (κ3) is 1.39. The van der Waals surface area contributed by atoms with E-state index in [1.165, 1.54) is 0 Å². The van der Waals surface area contributed by atoms with Crippen LogP contribution in [0.4, 0.5) is 0 Å². The molecule has 0 saturated heterocycles. The molecule has 0 aliphatic rings. The first-order valence-corrected chi connectivity index (χ1v) is 3.74. The quantitative estimate of drug-likeness (QED) is 0.683. The molecule has 0 N–H and O–H groups in total. The van der Waals surface area contributed by atoms with Crippen molar-refractivity contribution in [3.8, 4) is 0 Å². The smallest absolute Gasteiger partial charge is 0.151 e.